The van der Waals surface area contributed by atoms with Crippen molar-refractivity contribution in [2.24, 2.45) is 0 Å². The number of rotatable bonds is 5. The molecule has 0 saturated carbocycles. The van der Waals surface area contributed by atoms with Crippen molar-refractivity contribution in [3.8, 4) is 23.0 Å². The number of hydrogen-bond donors (Lipinski definition) is 0. The molecular weight excluding hydrogens is 342 g/mol. The predicted octanol–water partition coefficient (Wildman–Crippen LogP) is 3.28. The average molecular weight is 357 g/mol. The second-order valence-electron chi connectivity index (χ2n) is 5.41. The van der Waals surface area contributed by atoms with E-state index in [9.17, 15) is 14.9 Å². The second-order valence-corrected chi connectivity index (χ2v) is 5.41. The Morgan fingerprint density at radius 1 is 1.15 bits per heavy atom. The molecule has 1 aliphatic heterocycles. The number of nitrogens with zero attached hydrogens (tertiary/aromatic N) is 1. The first-order chi connectivity index (χ1) is 12.5. The number of hydrogen-bond acceptors (Lipinski definition) is 7. The number of methoxy groups -OCH3 is 1. The Morgan fingerprint density at radius 3 is 2.65 bits per heavy atom. The summed E-state index contributed by atoms with van der Waals surface area (Å²) in [4.78, 5) is 22.6. The van der Waals surface area contributed by atoms with E-state index in [0.717, 1.165) is 0 Å². The van der Waals surface area contributed by atoms with Crippen LogP contribution in [0.5, 0.6) is 23.0 Å². The summed E-state index contributed by atoms with van der Waals surface area (Å²) in [5, 5.41) is 10.7. The molecule has 8 nitrogen and oxygen atoms in total. The van der Waals surface area contributed by atoms with Gasteiger partial charge >= 0.3 is 5.97 Å². The predicted molar refractivity (Wildman–Crippen MR) is 91.2 cm³/mol. The van der Waals surface area contributed by atoms with Gasteiger partial charge in [-0.15, -0.1) is 0 Å². The van der Waals surface area contributed by atoms with Crippen LogP contribution in [-0.4, -0.2) is 24.8 Å². The lowest BCUT2D eigenvalue weighted by Gasteiger charge is -2.10. The van der Waals surface area contributed by atoms with Crippen LogP contribution in [0.2, 0.25) is 0 Å². The van der Waals surface area contributed by atoms with Crippen LogP contribution in [0.25, 0.3) is 6.08 Å². The van der Waals surface area contributed by atoms with Crippen LogP contribution in [0, 0.1) is 10.1 Å². The van der Waals surface area contributed by atoms with E-state index in [4.69, 9.17) is 18.9 Å². The Balaban J connectivity index is 1.82. The maximum Gasteiger partial charge on any atom is 0.343 e. The number of nitro groups is 1. The van der Waals surface area contributed by atoms with Crippen LogP contribution < -0.4 is 18.9 Å². The fourth-order valence-corrected chi connectivity index (χ4v) is 2.33. The minimum absolute atomic E-state index is 0.0165. The van der Waals surface area contributed by atoms with Crippen LogP contribution in [0.15, 0.2) is 42.1 Å². The third-order valence-electron chi connectivity index (χ3n) is 3.66. The van der Waals surface area contributed by atoms with Gasteiger partial charge in [-0.2, -0.15) is 0 Å². The molecule has 0 aliphatic carbocycles. The number of esters is 1. The van der Waals surface area contributed by atoms with Crippen molar-refractivity contribution >= 4 is 12.0 Å². The summed E-state index contributed by atoms with van der Waals surface area (Å²) in [5.41, 5.74) is 0.834. The zero-order chi connectivity index (χ0) is 18.7. The van der Waals surface area contributed by atoms with Crippen molar-refractivity contribution in [2.75, 3.05) is 13.9 Å². The number of ether oxygens (including phenoxy) is 4. The summed E-state index contributed by atoms with van der Waals surface area (Å²) in [7, 11) is 1.42. The minimum atomic E-state index is -0.591. The van der Waals surface area contributed by atoms with Crippen LogP contribution in [-0.2, 0) is 0 Å². The summed E-state index contributed by atoms with van der Waals surface area (Å²) < 4.78 is 21.0. The zero-order valence-electron chi connectivity index (χ0n) is 14.1. The molecule has 0 N–H and O–H groups in total. The largest absolute Gasteiger partial charge is 0.493 e. The van der Waals surface area contributed by atoms with Crippen molar-refractivity contribution in [1.29, 1.82) is 0 Å². The first-order valence-electron chi connectivity index (χ1n) is 7.60. The molecule has 2 aromatic carbocycles. The first kappa shape index (κ1) is 17.3. The fraction of sp³-hybridized carbons (Fsp3) is 0.167. The van der Waals surface area contributed by atoms with E-state index >= 15 is 0 Å². The minimum Gasteiger partial charge on any atom is -0.493 e. The lowest BCUT2D eigenvalue weighted by Crippen LogP contribution is -2.09. The van der Waals surface area contributed by atoms with E-state index in [1.54, 1.807) is 24.3 Å². The average Bonchev–Trinajstić information content (AvgIpc) is 3.10. The molecule has 1 aliphatic rings. The SMILES string of the molecule is COc1cc(C=C(C)[N+](=O)[O-])ccc1OC(=O)c1ccc2c(c1)OCO2. The second kappa shape index (κ2) is 7.14. The van der Waals surface area contributed by atoms with E-state index in [1.165, 1.54) is 32.2 Å². The summed E-state index contributed by atoms with van der Waals surface area (Å²) >= 11 is 0. The standard InChI is InChI=1S/C18H15NO7/c1-11(19(21)22)7-12-3-5-15(16(8-12)23-2)26-18(20)13-4-6-14-17(9-13)25-10-24-14/h3-9H,10H2,1-2H3. The molecule has 0 fully saturated rings. The van der Waals surface area contributed by atoms with Crippen molar-refractivity contribution in [1.82, 2.24) is 0 Å². The molecule has 0 atom stereocenters. The third kappa shape index (κ3) is 3.59. The lowest BCUT2D eigenvalue weighted by atomic mass is 10.1. The van der Waals surface area contributed by atoms with E-state index in [0.29, 0.717) is 22.6 Å². The molecule has 0 spiro atoms. The highest BCUT2D eigenvalue weighted by molar-refractivity contribution is 5.92. The van der Waals surface area contributed by atoms with Gasteiger partial charge in [-0.25, -0.2) is 4.79 Å². The molecule has 3 rings (SSSR count). The molecule has 0 bridgehead atoms. The van der Waals surface area contributed by atoms with Crippen LogP contribution in [0.4, 0.5) is 0 Å². The molecule has 0 radical (unpaired) electrons. The van der Waals surface area contributed by atoms with Gasteiger partial charge in [-0.3, -0.25) is 10.1 Å². The Labute approximate surface area is 148 Å². The molecule has 26 heavy (non-hydrogen) atoms. The number of allylic oxidation sites excluding steroid dienone is 1. The van der Waals surface area contributed by atoms with E-state index in [-0.39, 0.29) is 24.0 Å². The number of benzene rings is 2. The fourth-order valence-electron chi connectivity index (χ4n) is 2.33. The van der Waals surface area contributed by atoms with Gasteiger partial charge in [0, 0.05) is 13.0 Å². The summed E-state index contributed by atoms with van der Waals surface area (Å²) in [5.74, 6) is 0.931. The van der Waals surface area contributed by atoms with Gasteiger partial charge in [0.25, 0.3) is 0 Å². The van der Waals surface area contributed by atoms with Crippen LogP contribution in [0.1, 0.15) is 22.8 Å². The van der Waals surface area contributed by atoms with Gasteiger partial charge in [0.05, 0.1) is 17.6 Å². The van der Waals surface area contributed by atoms with Gasteiger partial charge in [0.1, 0.15) is 0 Å². The third-order valence-corrected chi connectivity index (χ3v) is 3.66. The highest BCUT2D eigenvalue weighted by Crippen LogP contribution is 2.34. The smallest absolute Gasteiger partial charge is 0.343 e. The lowest BCUT2D eigenvalue weighted by molar-refractivity contribution is -0.422. The molecule has 8 heteroatoms. The van der Waals surface area contributed by atoms with Crippen molar-refractivity contribution < 1.29 is 28.7 Å². The summed E-state index contributed by atoms with van der Waals surface area (Å²) in [6.07, 6.45) is 1.39. The van der Waals surface area contributed by atoms with Crippen molar-refractivity contribution in [2.45, 2.75) is 6.92 Å². The van der Waals surface area contributed by atoms with Gasteiger partial charge in [0.15, 0.2) is 23.0 Å². The maximum atomic E-state index is 12.4. The van der Waals surface area contributed by atoms with Crippen LogP contribution >= 0.6 is 0 Å². The number of carbonyl (C=O) groups is 1. The molecule has 134 valence electrons. The van der Waals surface area contributed by atoms with Crippen LogP contribution in [0.3, 0.4) is 0 Å². The topological polar surface area (TPSA) is 97.1 Å². The number of carbonyl (C=O) groups excluding carboxylic acids is 1. The molecule has 0 saturated heterocycles. The Kier molecular flexibility index (Phi) is 4.74. The number of fused-ring (bicyclic) bond motifs is 1. The van der Waals surface area contributed by atoms with Gasteiger partial charge in [-0.05, 0) is 35.9 Å². The maximum absolute atomic E-state index is 12.4. The van der Waals surface area contributed by atoms with Gasteiger partial charge in [0.2, 0.25) is 12.5 Å². The summed E-state index contributed by atoms with van der Waals surface area (Å²) in [6.45, 7) is 1.50. The van der Waals surface area contributed by atoms with Crippen molar-refractivity contribution in [3.63, 3.8) is 0 Å². The highest BCUT2D eigenvalue weighted by atomic mass is 16.7. The van der Waals surface area contributed by atoms with Crippen molar-refractivity contribution in [3.05, 3.63) is 63.3 Å². The Morgan fingerprint density at radius 2 is 1.92 bits per heavy atom. The molecule has 0 unspecified atom stereocenters. The monoisotopic (exact) mass is 357 g/mol. The molecule has 2 aromatic rings. The van der Waals surface area contributed by atoms with E-state index < -0.39 is 10.9 Å². The molecule has 1 heterocycles. The van der Waals surface area contributed by atoms with E-state index in [1.807, 2.05) is 0 Å². The van der Waals surface area contributed by atoms with E-state index in [2.05, 4.69) is 0 Å². The molecular formula is C18H15NO7. The highest BCUT2D eigenvalue weighted by Gasteiger charge is 2.18. The zero-order valence-corrected chi connectivity index (χ0v) is 14.1. The summed E-state index contributed by atoms with van der Waals surface area (Å²) in [6, 6.07) is 9.40. The molecule has 0 amide bonds. The van der Waals surface area contributed by atoms with Gasteiger partial charge in [-0.1, -0.05) is 6.07 Å². The Bertz CT molecular complexity index is 904. The molecule has 0 aromatic heterocycles. The Hall–Kier alpha value is -3.55. The van der Waals surface area contributed by atoms with Gasteiger partial charge < -0.3 is 18.9 Å². The first-order valence-corrected chi connectivity index (χ1v) is 7.60. The quantitative estimate of drug-likeness (QED) is 0.350. The normalized spacial score (nSPS) is 12.6.